The molecule has 1 aromatic carbocycles. The summed E-state index contributed by atoms with van der Waals surface area (Å²) in [4.78, 5) is 23.9. The third-order valence-electron chi connectivity index (χ3n) is 3.96. The molecular formula is C17H20N2O7S. The van der Waals surface area contributed by atoms with Crippen LogP contribution in [-0.2, 0) is 33.8 Å². The Hall–Kier alpha value is -2.43. The maximum atomic E-state index is 12.6. The van der Waals surface area contributed by atoms with Crippen molar-refractivity contribution in [2.24, 2.45) is 0 Å². The van der Waals surface area contributed by atoms with Crippen molar-refractivity contribution < 1.29 is 32.2 Å². The molecule has 3 rings (SSSR count). The van der Waals surface area contributed by atoms with E-state index in [1.807, 2.05) is 0 Å². The number of benzene rings is 1. The molecule has 0 bridgehead atoms. The summed E-state index contributed by atoms with van der Waals surface area (Å²) in [6, 6.07) is 5.97. The van der Waals surface area contributed by atoms with E-state index in [4.69, 9.17) is 14.2 Å². The van der Waals surface area contributed by atoms with Crippen molar-refractivity contribution in [3.63, 3.8) is 0 Å². The van der Waals surface area contributed by atoms with Gasteiger partial charge in [0.2, 0.25) is 10.0 Å². The first-order valence-electron chi connectivity index (χ1n) is 8.30. The number of hydrogen-bond donors (Lipinski definition) is 1. The van der Waals surface area contributed by atoms with Crippen LogP contribution in [0.5, 0.6) is 0 Å². The minimum Gasteiger partial charge on any atom is -0.419 e. The third-order valence-corrected chi connectivity index (χ3v) is 5.87. The summed E-state index contributed by atoms with van der Waals surface area (Å²) < 4.78 is 41.7. The average Bonchev–Trinajstić information content (AvgIpc) is 2.61. The predicted molar refractivity (Wildman–Crippen MR) is 94.0 cm³/mol. The lowest BCUT2D eigenvalue weighted by atomic mass is 10.2. The Labute approximate surface area is 156 Å². The molecule has 10 heteroatoms. The summed E-state index contributed by atoms with van der Waals surface area (Å²) in [6.45, 7) is 4.29. The highest BCUT2D eigenvalue weighted by Crippen LogP contribution is 2.23. The minimum atomic E-state index is -3.58. The lowest BCUT2D eigenvalue weighted by Crippen LogP contribution is -2.42. The summed E-state index contributed by atoms with van der Waals surface area (Å²) in [5.41, 5.74) is 0.216. The standard InChI is InChI=1S/C17H20N2O7S/c1-17(2)25-15(20)14(16(21)26-17)11-18-12-3-5-13(6-4-12)27(22,23)19-7-9-24-10-8-19/h3-6,11,18H,7-10H2,1-2H3. The van der Waals surface area contributed by atoms with Gasteiger partial charge in [0.15, 0.2) is 5.57 Å². The molecule has 0 radical (unpaired) electrons. The zero-order chi connectivity index (χ0) is 19.7. The molecular weight excluding hydrogens is 376 g/mol. The molecule has 0 aliphatic carbocycles. The quantitative estimate of drug-likeness (QED) is 0.453. The molecule has 0 aromatic heterocycles. The number of esters is 2. The van der Waals surface area contributed by atoms with Gasteiger partial charge >= 0.3 is 11.9 Å². The number of cyclic esters (lactones) is 2. The Morgan fingerprint density at radius 1 is 1.04 bits per heavy atom. The molecule has 0 amide bonds. The summed E-state index contributed by atoms with van der Waals surface area (Å²) in [5, 5.41) is 2.77. The van der Waals surface area contributed by atoms with E-state index in [0.717, 1.165) is 0 Å². The Balaban J connectivity index is 1.71. The molecule has 0 atom stereocenters. The van der Waals surface area contributed by atoms with Gasteiger partial charge in [-0.15, -0.1) is 0 Å². The first-order valence-corrected chi connectivity index (χ1v) is 9.74. The van der Waals surface area contributed by atoms with Crippen molar-refractivity contribution in [2.75, 3.05) is 31.6 Å². The molecule has 9 nitrogen and oxygen atoms in total. The second-order valence-electron chi connectivity index (χ2n) is 6.42. The van der Waals surface area contributed by atoms with Gasteiger partial charge in [-0.1, -0.05) is 0 Å². The van der Waals surface area contributed by atoms with E-state index in [0.29, 0.717) is 32.0 Å². The average molecular weight is 396 g/mol. The fraction of sp³-hybridized carbons (Fsp3) is 0.412. The van der Waals surface area contributed by atoms with Crippen LogP contribution >= 0.6 is 0 Å². The van der Waals surface area contributed by atoms with Crippen LogP contribution in [0, 0.1) is 0 Å². The highest BCUT2D eigenvalue weighted by molar-refractivity contribution is 7.89. The van der Waals surface area contributed by atoms with E-state index >= 15 is 0 Å². The second-order valence-corrected chi connectivity index (χ2v) is 8.36. The summed E-state index contributed by atoms with van der Waals surface area (Å²) >= 11 is 0. The number of anilines is 1. The fourth-order valence-electron chi connectivity index (χ4n) is 2.59. The van der Waals surface area contributed by atoms with E-state index in [-0.39, 0.29) is 10.5 Å². The Bertz CT molecular complexity index is 847. The van der Waals surface area contributed by atoms with Crippen molar-refractivity contribution in [2.45, 2.75) is 24.5 Å². The molecule has 0 spiro atoms. The van der Waals surface area contributed by atoms with Gasteiger partial charge in [0.25, 0.3) is 5.79 Å². The predicted octanol–water partition coefficient (Wildman–Crippen LogP) is 0.839. The molecule has 2 aliphatic heterocycles. The lowest BCUT2D eigenvalue weighted by molar-refractivity contribution is -0.222. The largest absolute Gasteiger partial charge is 0.419 e. The first-order chi connectivity index (χ1) is 12.7. The van der Waals surface area contributed by atoms with Gasteiger partial charge in [0.05, 0.1) is 18.1 Å². The number of carbonyl (C=O) groups excluding carboxylic acids is 2. The van der Waals surface area contributed by atoms with Crippen molar-refractivity contribution >= 4 is 27.6 Å². The van der Waals surface area contributed by atoms with Crippen LogP contribution in [-0.4, -0.2) is 56.8 Å². The van der Waals surface area contributed by atoms with E-state index in [1.165, 1.54) is 48.6 Å². The normalized spacial score (nSPS) is 20.6. The third kappa shape index (κ3) is 4.29. The van der Waals surface area contributed by atoms with Crippen LogP contribution in [0.25, 0.3) is 0 Å². The molecule has 0 unspecified atom stereocenters. The maximum absolute atomic E-state index is 12.6. The molecule has 2 fully saturated rings. The SMILES string of the molecule is CC1(C)OC(=O)C(=CNc2ccc(S(=O)(=O)N3CCOCC3)cc2)C(=O)O1. The van der Waals surface area contributed by atoms with Crippen LogP contribution < -0.4 is 5.32 Å². The number of rotatable bonds is 4. The van der Waals surface area contributed by atoms with Gasteiger partial charge < -0.3 is 19.5 Å². The number of nitrogens with zero attached hydrogens (tertiary/aromatic N) is 1. The van der Waals surface area contributed by atoms with Gasteiger partial charge in [0.1, 0.15) is 0 Å². The van der Waals surface area contributed by atoms with Gasteiger partial charge in [0, 0.05) is 38.8 Å². The fourth-order valence-corrected chi connectivity index (χ4v) is 4.00. The molecule has 27 heavy (non-hydrogen) atoms. The monoisotopic (exact) mass is 396 g/mol. The first kappa shape index (κ1) is 19.3. The minimum absolute atomic E-state index is 0.154. The van der Waals surface area contributed by atoms with Crippen LogP contribution in [0.15, 0.2) is 40.9 Å². The Morgan fingerprint density at radius 2 is 1.59 bits per heavy atom. The molecule has 1 aromatic rings. The number of sulfonamides is 1. The summed E-state index contributed by atoms with van der Waals surface area (Å²) in [6.07, 6.45) is 1.17. The van der Waals surface area contributed by atoms with Gasteiger partial charge in [-0.25, -0.2) is 18.0 Å². The topological polar surface area (TPSA) is 111 Å². The Morgan fingerprint density at radius 3 is 2.15 bits per heavy atom. The van der Waals surface area contributed by atoms with Crippen LogP contribution in [0.3, 0.4) is 0 Å². The second kappa shape index (κ2) is 7.29. The van der Waals surface area contributed by atoms with Crippen molar-refractivity contribution in [1.29, 1.82) is 0 Å². The van der Waals surface area contributed by atoms with Gasteiger partial charge in [-0.3, -0.25) is 0 Å². The van der Waals surface area contributed by atoms with E-state index < -0.39 is 27.7 Å². The van der Waals surface area contributed by atoms with Crippen molar-refractivity contribution in [3.8, 4) is 0 Å². The van der Waals surface area contributed by atoms with Gasteiger partial charge in [-0.05, 0) is 24.3 Å². The van der Waals surface area contributed by atoms with Crippen LogP contribution in [0.2, 0.25) is 0 Å². The number of hydrogen-bond acceptors (Lipinski definition) is 8. The van der Waals surface area contributed by atoms with E-state index in [1.54, 1.807) is 0 Å². The number of morpholine rings is 1. The number of carbonyl (C=O) groups is 2. The van der Waals surface area contributed by atoms with Crippen LogP contribution in [0.1, 0.15) is 13.8 Å². The zero-order valence-corrected chi connectivity index (χ0v) is 15.7. The molecule has 146 valence electrons. The highest BCUT2D eigenvalue weighted by Gasteiger charge is 2.39. The maximum Gasteiger partial charge on any atom is 0.350 e. The molecule has 2 heterocycles. The van der Waals surface area contributed by atoms with Crippen molar-refractivity contribution in [3.05, 3.63) is 36.0 Å². The molecule has 1 N–H and O–H groups in total. The van der Waals surface area contributed by atoms with E-state index in [2.05, 4.69) is 5.32 Å². The Kier molecular flexibility index (Phi) is 5.22. The summed E-state index contributed by atoms with van der Waals surface area (Å²) in [5.74, 6) is -2.90. The highest BCUT2D eigenvalue weighted by atomic mass is 32.2. The molecule has 2 saturated heterocycles. The number of nitrogens with one attached hydrogen (secondary N) is 1. The van der Waals surface area contributed by atoms with E-state index in [9.17, 15) is 18.0 Å². The smallest absolute Gasteiger partial charge is 0.350 e. The lowest BCUT2D eigenvalue weighted by Gasteiger charge is -2.29. The van der Waals surface area contributed by atoms with Crippen LogP contribution in [0.4, 0.5) is 5.69 Å². The summed E-state index contributed by atoms with van der Waals surface area (Å²) in [7, 11) is -3.58. The molecule has 0 saturated carbocycles. The number of ether oxygens (including phenoxy) is 3. The zero-order valence-electron chi connectivity index (χ0n) is 14.9. The van der Waals surface area contributed by atoms with Crippen molar-refractivity contribution in [1.82, 2.24) is 4.31 Å². The molecule has 2 aliphatic rings. The van der Waals surface area contributed by atoms with Gasteiger partial charge in [-0.2, -0.15) is 4.31 Å².